The van der Waals surface area contributed by atoms with Gasteiger partial charge in [0.25, 0.3) is 0 Å². The van der Waals surface area contributed by atoms with Gasteiger partial charge in [0.05, 0.1) is 11.7 Å². The Bertz CT molecular complexity index is 1030. The minimum absolute atomic E-state index is 0.0453. The van der Waals surface area contributed by atoms with Gasteiger partial charge in [-0.25, -0.2) is 0 Å². The predicted molar refractivity (Wildman–Crippen MR) is 101 cm³/mol. The molecule has 0 saturated heterocycles. The fourth-order valence-corrected chi connectivity index (χ4v) is 3.80. The molecule has 3 aromatic carbocycles. The van der Waals surface area contributed by atoms with E-state index in [9.17, 15) is 0 Å². The highest BCUT2D eigenvalue weighted by atomic mass is 15.2. The van der Waals surface area contributed by atoms with Gasteiger partial charge in [-0.15, -0.1) is 0 Å². The van der Waals surface area contributed by atoms with Crippen molar-refractivity contribution in [3.05, 3.63) is 90.3 Å². The van der Waals surface area contributed by atoms with E-state index >= 15 is 0 Å². The van der Waals surface area contributed by atoms with E-state index in [0.29, 0.717) is 0 Å². The van der Waals surface area contributed by atoms with Crippen LogP contribution in [0, 0.1) is 0 Å². The second-order valence-electron chi connectivity index (χ2n) is 6.49. The van der Waals surface area contributed by atoms with Crippen molar-refractivity contribution in [2.45, 2.75) is 18.5 Å². The summed E-state index contributed by atoms with van der Waals surface area (Å²) in [6.07, 6.45) is 2.69. The highest BCUT2D eigenvalue weighted by Crippen LogP contribution is 2.43. The van der Waals surface area contributed by atoms with Crippen LogP contribution in [-0.4, -0.2) is 4.98 Å². The summed E-state index contributed by atoms with van der Waals surface area (Å²) >= 11 is 0. The lowest BCUT2D eigenvalue weighted by Gasteiger charge is -2.15. The number of fused-ring (bicyclic) bond motifs is 2. The van der Waals surface area contributed by atoms with Crippen molar-refractivity contribution in [3.63, 3.8) is 0 Å². The molecular weight excluding hydrogens is 306 g/mol. The summed E-state index contributed by atoms with van der Waals surface area (Å²) in [6, 6.07) is 25.5. The summed E-state index contributed by atoms with van der Waals surface area (Å²) < 4.78 is 0. The quantitative estimate of drug-likeness (QED) is 0.415. The van der Waals surface area contributed by atoms with Crippen LogP contribution in [0.3, 0.4) is 0 Å². The minimum Gasteiger partial charge on any atom is -0.259 e. The van der Waals surface area contributed by atoms with E-state index in [0.717, 1.165) is 12.1 Å². The monoisotopic (exact) mass is 323 g/mol. The average Bonchev–Trinajstić information content (AvgIpc) is 3.16. The van der Waals surface area contributed by atoms with Crippen LogP contribution in [0.4, 0.5) is 0 Å². The van der Waals surface area contributed by atoms with Gasteiger partial charge in [0, 0.05) is 12.6 Å². The van der Waals surface area contributed by atoms with Crippen LogP contribution in [0.2, 0.25) is 0 Å². The number of azo groups is 1. The molecule has 120 valence electrons. The van der Waals surface area contributed by atoms with E-state index in [1.54, 1.807) is 0 Å². The van der Waals surface area contributed by atoms with Crippen molar-refractivity contribution < 1.29 is 0 Å². The molecule has 0 fully saturated rings. The Kier molecular flexibility index (Phi) is 3.30. The topological polar surface area (TPSA) is 37.6 Å². The Labute approximate surface area is 146 Å². The largest absolute Gasteiger partial charge is 0.259 e. The summed E-state index contributed by atoms with van der Waals surface area (Å²) in [5.74, 6) is 0. The third-order valence-corrected chi connectivity index (χ3v) is 4.97. The van der Waals surface area contributed by atoms with E-state index in [4.69, 9.17) is 0 Å². The summed E-state index contributed by atoms with van der Waals surface area (Å²) in [5, 5.41) is 14.2. The molecule has 2 atom stereocenters. The smallest absolute Gasteiger partial charge is 0.115 e. The number of nitrogens with zero attached hydrogens (tertiary/aromatic N) is 3. The van der Waals surface area contributed by atoms with Crippen molar-refractivity contribution >= 4 is 21.5 Å². The number of aromatic nitrogens is 1. The van der Waals surface area contributed by atoms with Gasteiger partial charge in [0.1, 0.15) is 6.04 Å². The van der Waals surface area contributed by atoms with E-state index in [1.165, 1.54) is 27.1 Å². The number of rotatable bonds is 2. The van der Waals surface area contributed by atoms with Crippen molar-refractivity contribution in [1.29, 1.82) is 0 Å². The molecule has 3 heteroatoms. The van der Waals surface area contributed by atoms with E-state index in [2.05, 4.69) is 69.8 Å². The van der Waals surface area contributed by atoms with Crippen molar-refractivity contribution in [1.82, 2.24) is 4.98 Å². The van der Waals surface area contributed by atoms with Crippen molar-refractivity contribution in [3.8, 4) is 0 Å². The number of pyridine rings is 1. The van der Waals surface area contributed by atoms with Crippen LogP contribution >= 0.6 is 0 Å². The number of hydrogen-bond donors (Lipinski definition) is 0. The first kappa shape index (κ1) is 14.3. The van der Waals surface area contributed by atoms with Gasteiger partial charge in [0.15, 0.2) is 0 Å². The average molecular weight is 323 g/mol. The predicted octanol–water partition coefficient (Wildman–Crippen LogP) is 6.03. The summed E-state index contributed by atoms with van der Waals surface area (Å²) in [6.45, 7) is 0. The standard InChI is InChI=1S/C22H17N3/c1-3-9-17-15(7-1)13-16-8-2-4-10-18(16)22(17)21-14-20(24-25-21)19-11-5-6-12-23-19/h1-13,20-21H,14H2/t20-,21?/m0/s1. The SMILES string of the molecule is c1ccc([C@@H]2CC(c3c4ccccc4cc4ccccc34)N=N2)nc1. The molecule has 1 unspecified atom stereocenters. The van der Waals surface area contributed by atoms with Crippen molar-refractivity contribution in [2.24, 2.45) is 10.2 Å². The Balaban J connectivity index is 1.66. The zero-order valence-corrected chi connectivity index (χ0v) is 13.7. The maximum absolute atomic E-state index is 4.65. The van der Waals surface area contributed by atoms with E-state index in [1.807, 2.05) is 24.4 Å². The van der Waals surface area contributed by atoms with Gasteiger partial charge < -0.3 is 0 Å². The van der Waals surface area contributed by atoms with Gasteiger partial charge in [-0.3, -0.25) is 4.98 Å². The molecule has 0 amide bonds. The molecule has 0 saturated carbocycles. The molecule has 0 bridgehead atoms. The second kappa shape index (κ2) is 5.78. The molecule has 0 aliphatic carbocycles. The Hall–Kier alpha value is -3.07. The van der Waals surface area contributed by atoms with Crippen molar-refractivity contribution in [2.75, 3.05) is 0 Å². The van der Waals surface area contributed by atoms with Gasteiger partial charge >= 0.3 is 0 Å². The first-order chi connectivity index (χ1) is 12.4. The minimum atomic E-state index is 0.0453. The zero-order chi connectivity index (χ0) is 16.6. The zero-order valence-electron chi connectivity index (χ0n) is 13.7. The van der Waals surface area contributed by atoms with Gasteiger partial charge in [0.2, 0.25) is 0 Å². The molecule has 3 nitrogen and oxygen atoms in total. The lowest BCUT2D eigenvalue weighted by atomic mass is 9.90. The van der Waals surface area contributed by atoms with E-state index in [-0.39, 0.29) is 12.1 Å². The highest BCUT2D eigenvalue weighted by Gasteiger charge is 2.28. The molecular formula is C22H17N3. The van der Waals surface area contributed by atoms with Gasteiger partial charge in [-0.2, -0.15) is 10.2 Å². The summed E-state index contributed by atoms with van der Waals surface area (Å²) in [7, 11) is 0. The molecule has 5 rings (SSSR count). The van der Waals surface area contributed by atoms with Crippen LogP contribution < -0.4 is 0 Å². The molecule has 4 aromatic rings. The molecule has 0 radical (unpaired) electrons. The molecule has 25 heavy (non-hydrogen) atoms. The van der Waals surface area contributed by atoms with Crippen LogP contribution in [-0.2, 0) is 0 Å². The molecule has 1 aliphatic heterocycles. The summed E-state index contributed by atoms with van der Waals surface area (Å²) in [5.41, 5.74) is 2.29. The van der Waals surface area contributed by atoms with Crippen LogP contribution in [0.25, 0.3) is 21.5 Å². The fourth-order valence-electron chi connectivity index (χ4n) is 3.80. The molecule has 0 N–H and O–H groups in total. The Morgan fingerprint density at radius 1 is 0.680 bits per heavy atom. The third-order valence-electron chi connectivity index (χ3n) is 4.97. The van der Waals surface area contributed by atoms with Gasteiger partial charge in [-0.1, -0.05) is 54.6 Å². The molecule has 0 spiro atoms. The van der Waals surface area contributed by atoms with E-state index < -0.39 is 0 Å². The van der Waals surface area contributed by atoms with Crippen LogP contribution in [0.1, 0.15) is 29.8 Å². The maximum atomic E-state index is 4.65. The lowest BCUT2D eigenvalue weighted by molar-refractivity contribution is 0.650. The number of hydrogen-bond acceptors (Lipinski definition) is 3. The van der Waals surface area contributed by atoms with Crippen LogP contribution in [0.5, 0.6) is 0 Å². The third kappa shape index (κ3) is 2.40. The Morgan fingerprint density at radius 3 is 2.00 bits per heavy atom. The highest BCUT2D eigenvalue weighted by molar-refractivity contribution is 6.02. The number of benzene rings is 3. The van der Waals surface area contributed by atoms with Crippen LogP contribution in [0.15, 0.2) is 89.2 Å². The first-order valence-corrected chi connectivity index (χ1v) is 8.61. The fraction of sp³-hybridized carbons (Fsp3) is 0.136. The first-order valence-electron chi connectivity index (χ1n) is 8.61. The molecule has 1 aliphatic rings. The lowest BCUT2D eigenvalue weighted by Crippen LogP contribution is -2.00. The molecule has 1 aromatic heterocycles. The van der Waals surface area contributed by atoms with Gasteiger partial charge in [-0.05, 0) is 45.3 Å². The maximum Gasteiger partial charge on any atom is 0.115 e. The normalized spacial score (nSPS) is 19.7. The Morgan fingerprint density at radius 2 is 1.32 bits per heavy atom. The summed E-state index contributed by atoms with van der Waals surface area (Å²) in [4.78, 5) is 4.46. The molecule has 2 heterocycles. The second-order valence-corrected chi connectivity index (χ2v) is 6.49.